The van der Waals surface area contributed by atoms with Gasteiger partial charge in [-0.05, 0) is 18.8 Å². The van der Waals surface area contributed by atoms with Crippen LogP contribution in [-0.4, -0.2) is 24.8 Å². The van der Waals surface area contributed by atoms with Crippen LogP contribution in [0.15, 0.2) is 12.7 Å². The molecule has 0 bridgehead atoms. The summed E-state index contributed by atoms with van der Waals surface area (Å²) in [5.41, 5.74) is 0. The molecule has 4 atom stereocenters. The molecule has 0 spiro atoms. The molecule has 2 fully saturated rings. The van der Waals surface area contributed by atoms with Gasteiger partial charge in [-0.15, -0.1) is 0 Å². The second-order valence-corrected chi connectivity index (χ2v) is 4.19. The van der Waals surface area contributed by atoms with Gasteiger partial charge in [0.1, 0.15) is 6.61 Å². The Labute approximate surface area is 84.1 Å². The van der Waals surface area contributed by atoms with Crippen molar-refractivity contribution >= 4 is 5.97 Å². The number of esters is 1. The summed E-state index contributed by atoms with van der Waals surface area (Å²) in [4.78, 5) is 11.6. The first-order valence-corrected chi connectivity index (χ1v) is 5.15. The minimum Gasteiger partial charge on any atom is -0.461 e. The molecule has 14 heavy (non-hydrogen) atoms. The molecule has 3 nitrogen and oxygen atoms in total. The van der Waals surface area contributed by atoms with Gasteiger partial charge in [0.25, 0.3) is 0 Å². The van der Waals surface area contributed by atoms with Crippen LogP contribution in [0.3, 0.4) is 0 Å². The predicted molar refractivity (Wildman–Crippen MR) is 51.7 cm³/mol. The van der Waals surface area contributed by atoms with E-state index < -0.39 is 0 Å². The minimum atomic E-state index is -0.0913. The highest BCUT2D eigenvalue weighted by Gasteiger charge is 2.49. The van der Waals surface area contributed by atoms with E-state index in [1.165, 1.54) is 0 Å². The van der Waals surface area contributed by atoms with E-state index in [0.29, 0.717) is 24.7 Å². The Kier molecular flexibility index (Phi) is 2.59. The third-order valence-electron chi connectivity index (χ3n) is 3.11. The Balaban J connectivity index is 1.88. The Morgan fingerprint density at radius 3 is 3.00 bits per heavy atom. The summed E-state index contributed by atoms with van der Waals surface area (Å²) in [5, 5.41) is 0. The number of hydrogen-bond acceptors (Lipinski definition) is 3. The van der Waals surface area contributed by atoms with E-state index in [1.54, 1.807) is 6.08 Å². The highest BCUT2D eigenvalue weighted by atomic mass is 16.6. The van der Waals surface area contributed by atoms with E-state index in [1.807, 2.05) is 0 Å². The first kappa shape index (κ1) is 9.71. The van der Waals surface area contributed by atoms with Crippen molar-refractivity contribution in [3.63, 3.8) is 0 Å². The van der Waals surface area contributed by atoms with Crippen LogP contribution in [0.1, 0.15) is 19.8 Å². The van der Waals surface area contributed by atoms with Crippen LogP contribution in [0.4, 0.5) is 0 Å². The van der Waals surface area contributed by atoms with Crippen LogP contribution in [-0.2, 0) is 14.3 Å². The highest BCUT2D eigenvalue weighted by molar-refractivity contribution is 5.73. The Morgan fingerprint density at radius 1 is 1.57 bits per heavy atom. The van der Waals surface area contributed by atoms with Gasteiger partial charge >= 0.3 is 5.97 Å². The van der Waals surface area contributed by atoms with Crippen molar-refractivity contribution in [1.29, 1.82) is 0 Å². The molecule has 1 saturated heterocycles. The second-order valence-electron chi connectivity index (χ2n) is 4.19. The van der Waals surface area contributed by atoms with E-state index in [4.69, 9.17) is 9.47 Å². The number of carbonyl (C=O) groups excluding carboxylic acids is 1. The molecule has 0 aromatic rings. The molecule has 0 aromatic heterocycles. The van der Waals surface area contributed by atoms with Crippen molar-refractivity contribution in [2.24, 2.45) is 11.8 Å². The van der Waals surface area contributed by atoms with Gasteiger partial charge in [-0.3, -0.25) is 4.79 Å². The summed E-state index contributed by atoms with van der Waals surface area (Å²) in [5.74, 6) is 0.320. The topological polar surface area (TPSA) is 38.8 Å². The number of hydrogen-bond donors (Lipinski definition) is 0. The van der Waals surface area contributed by atoms with Crippen molar-refractivity contribution in [1.82, 2.24) is 0 Å². The molecular weight excluding hydrogens is 180 g/mol. The van der Waals surface area contributed by atoms with Crippen LogP contribution in [0, 0.1) is 11.8 Å². The zero-order chi connectivity index (χ0) is 10.1. The second kappa shape index (κ2) is 3.73. The average molecular weight is 196 g/mol. The smallest absolute Gasteiger partial charge is 0.309 e. The van der Waals surface area contributed by atoms with E-state index in [-0.39, 0.29) is 11.9 Å². The van der Waals surface area contributed by atoms with Gasteiger partial charge in [0.2, 0.25) is 0 Å². The summed E-state index contributed by atoms with van der Waals surface area (Å²) in [6, 6.07) is 0. The lowest BCUT2D eigenvalue weighted by Gasteiger charge is -2.23. The Bertz CT molecular complexity index is 249. The predicted octanol–water partition coefficient (Wildman–Crippen LogP) is 1.53. The average Bonchev–Trinajstić information content (AvgIpc) is 2.90. The largest absolute Gasteiger partial charge is 0.461 e. The maximum Gasteiger partial charge on any atom is 0.309 e. The number of epoxide rings is 1. The monoisotopic (exact) mass is 196 g/mol. The highest BCUT2D eigenvalue weighted by Crippen LogP contribution is 2.42. The summed E-state index contributed by atoms with van der Waals surface area (Å²) in [7, 11) is 0. The van der Waals surface area contributed by atoms with E-state index in [9.17, 15) is 4.79 Å². The van der Waals surface area contributed by atoms with Gasteiger partial charge in [0.15, 0.2) is 0 Å². The molecule has 0 unspecified atom stereocenters. The van der Waals surface area contributed by atoms with Crippen LogP contribution < -0.4 is 0 Å². The summed E-state index contributed by atoms with van der Waals surface area (Å²) >= 11 is 0. The first-order chi connectivity index (χ1) is 6.72. The molecule has 1 heterocycles. The summed E-state index contributed by atoms with van der Waals surface area (Å²) < 4.78 is 10.5. The Morgan fingerprint density at radius 2 is 2.29 bits per heavy atom. The summed E-state index contributed by atoms with van der Waals surface area (Å²) in [6.07, 6.45) is 4.18. The zero-order valence-electron chi connectivity index (χ0n) is 8.44. The van der Waals surface area contributed by atoms with Crippen LogP contribution in [0.2, 0.25) is 0 Å². The first-order valence-electron chi connectivity index (χ1n) is 5.15. The molecule has 2 rings (SSSR count). The van der Waals surface area contributed by atoms with Gasteiger partial charge in [0, 0.05) is 0 Å². The Hall–Kier alpha value is -0.830. The van der Waals surface area contributed by atoms with Crippen molar-refractivity contribution in [3.8, 4) is 0 Å². The molecule has 1 saturated carbocycles. The molecule has 0 radical (unpaired) electrons. The van der Waals surface area contributed by atoms with Crippen molar-refractivity contribution < 1.29 is 14.3 Å². The lowest BCUT2D eigenvalue weighted by Crippen LogP contribution is -2.30. The standard InChI is InChI=1S/C11H16O3/c1-3-4-13-11(12)8-6-10-9(14-10)5-7(8)2/h3,7-10H,1,4-6H2,2H3/t7-,8+,9+,10+/m1/s1. The normalized spacial score (nSPS) is 39.8. The molecule has 0 amide bonds. The fourth-order valence-corrected chi connectivity index (χ4v) is 2.18. The summed E-state index contributed by atoms with van der Waals surface area (Å²) in [6.45, 7) is 5.93. The lowest BCUT2D eigenvalue weighted by molar-refractivity contribution is -0.149. The van der Waals surface area contributed by atoms with E-state index in [2.05, 4.69) is 13.5 Å². The van der Waals surface area contributed by atoms with Gasteiger partial charge < -0.3 is 9.47 Å². The molecule has 78 valence electrons. The van der Waals surface area contributed by atoms with E-state index in [0.717, 1.165) is 12.8 Å². The lowest BCUT2D eigenvalue weighted by atomic mass is 9.80. The van der Waals surface area contributed by atoms with Gasteiger partial charge in [-0.25, -0.2) is 0 Å². The van der Waals surface area contributed by atoms with Gasteiger partial charge in [-0.1, -0.05) is 19.6 Å². The minimum absolute atomic E-state index is 0.0266. The fraction of sp³-hybridized carbons (Fsp3) is 0.727. The third-order valence-corrected chi connectivity index (χ3v) is 3.11. The number of ether oxygens (including phenoxy) is 2. The van der Waals surface area contributed by atoms with Crippen molar-refractivity contribution in [3.05, 3.63) is 12.7 Å². The van der Waals surface area contributed by atoms with E-state index >= 15 is 0 Å². The van der Waals surface area contributed by atoms with Crippen LogP contribution >= 0.6 is 0 Å². The molecule has 1 aliphatic carbocycles. The third kappa shape index (κ3) is 1.82. The molecular formula is C11H16O3. The van der Waals surface area contributed by atoms with Crippen molar-refractivity contribution in [2.75, 3.05) is 6.61 Å². The van der Waals surface area contributed by atoms with Gasteiger partial charge in [0.05, 0.1) is 18.1 Å². The van der Waals surface area contributed by atoms with Crippen molar-refractivity contribution in [2.45, 2.75) is 32.0 Å². The van der Waals surface area contributed by atoms with Crippen LogP contribution in [0.25, 0.3) is 0 Å². The zero-order valence-corrected chi connectivity index (χ0v) is 8.44. The maximum atomic E-state index is 11.6. The maximum absolute atomic E-state index is 11.6. The number of fused-ring (bicyclic) bond motifs is 1. The number of rotatable bonds is 3. The molecule has 2 aliphatic rings. The van der Waals surface area contributed by atoms with Crippen LogP contribution in [0.5, 0.6) is 0 Å². The quantitative estimate of drug-likeness (QED) is 0.390. The van der Waals surface area contributed by atoms with Gasteiger partial charge in [-0.2, -0.15) is 0 Å². The fourth-order valence-electron chi connectivity index (χ4n) is 2.18. The molecule has 0 N–H and O–H groups in total. The number of carbonyl (C=O) groups is 1. The SMILES string of the molecule is C=CCOC(=O)[C@H]1C[C@@H]2O[C@H]2C[C@H]1C. The molecule has 0 aromatic carbocycles. The molecule has 1 aliphatic heterocycles. The molecule has 3 heteroatoms.